The van der Waals surface area contributed by atoms with Crippen molar-refractivity contribution in [1.82, 2.24) is 5.16 Å². The molecule has 1 aromatic heterocycles. The maximum absolute atomic E-state index is 13.0. The van der Waals surface area contributed by atoms with Gasteiger partial charge in [0.2, 0.25) is 5.91 Å². The van der Waals surface area contributed by atoms with Crippen molar-refractivity contribution >= 4 is 41.1 Å². The molecule has 39 heavy (non-hydrogen) atoms. The van der Waals surface area contributed by atoms with Gasteiger partial charge in [0.05, 0.1) is 27.4 Å². The minimum absolute atomic E-state index is 0.00806. The molecule has 2 saturated carbocycles. The van der Waals surface area contributed by atoms with Crippen molar-refractivity contribution in [1.29, 1.82) is 0 Å². The number of rotatable bonds is 13. The second-order valence-corrected chi connectivity index (χ2v) is 11.8. The SMILES string of the molecule is CC(C)(CC1CC(c2onc([C@@H](CCC(=O)O)CC(=O)Nc3ccc(C(=O)O)cc3Cl)c2C2CC2)C1)C(=O)O. The number of aromatic carboxylic acids is 1. The molecule has 4 N–H and O–H groups in total. The summed E-state index contributed by atoms with van der Waals surface area (Å²) in [5.74, 6) is -2.40. The van der Waals surface area contributed by atoms with Crippen LogP contribution in [0.3, 0.4) is 0 Å². The van der Waals surface area contributed by atoms with Gasteiger partial charge in [-0.2, -0.15) is 0 Å². The summed E-state index contributed by atoms with van der Waals surface area (Å²) in [6.45, 7) is 3.47. The van der Waals surface area contributed by atoms with Crippen LogP contribution in [0.2, 0.25) is 5.02 Å². The van der Waals surface area contributed by atoms with Crippen LogP contribution in [0.5, 0.6) is 0 Å². The van der Waals surface area contributed by atoms with Crippen LogP contribution in [0.1, 0.15) is 110 Å². The van der Waals surface area contributed by atoms with E-state index in [1.165, 1.54) is 18.2 Å². The molecule has 11 heteroatoms. The molecule has 10 nitrogen and oxygen atoms in total. The van der Waals surface area contributed by atoms with E-state index >= 15 is 0 Å². The van der Waals surface area contributed by atoms with Crippen LogP contribution < -0.4 is 5.32 Å². The van der Waals surface area contributed by atoms with Crippen molar-refractivity contribution in [2.24, 2.45) is 11.3 Å². The highest BCUT2D eigenvalue weighted by Gasteiger charge is 2.43. The quantitative estimate of drug-likeness (QED) is 0.234. The van der Waals surface area contributed by atoms with Gasteiger partial charge in [-0.3, -0.25) is 14.4 Å². The van der Waals surface area contributed by atoms with Crippen LogP contribution in [0.4, 0.5) is 5.69 Å². The van der Waals surface area contributed by atoms with E-state index in [0.29, 0.717) is 12.1 Å². The Balaban J connectivity index is 1.50. The van der Waals surface area contributed by atoms with E-state index in [-0.39, 0.29) is 53.3 Å². The molecule has 1 atom stereocenters. The van der Waals surface area contributed by atoms with E-state index in [0.717, 1.165) is 37.0 Å². The van der Waals surface area contributed by atoms with Gasteiger partial charge in [0.1, 0.15) is 5.76 Å². The fourth-order valence-electron chi connectivity index (χ4n) is 5.43. The van der Waals surface area contributed by atoms with Crippen molar-refractivity contribution in [2.75, 3.05) is 5.32 Å². The molecule has 0 aliphatic heterocycles. The summed E-state index contributed by atoms with van der Waals surface area (Å²) in [6, 6.07) is 4.00. The minimum atomic E-state index is -1.14. The van der Waals surface area contributed by atoms with Gasteiger partial charge in [-0.15, -0.1) is 0 Å². The first-order valence-corrected chi connectivity index (χ1v) is 13.5. The molecule has 4 rings (SSSR count). The number of carboxylic acid groups (broad SMARTS) is 3. The molecular weight excluding hydrogens is 528 g/mol. The molecule has 2 fully saturated rings. The maximum Gasteiger partial charge on any atom is 0.335 e. The first-order chi connectivity index (χ1) is 18.4. The number of carboxylic acids is 3. The summed E-state index contributed by atoms with van der Waals surface area (Å²) in [5.41, 5.74) is 1.05. The molecule has 0 saturated heterocycles. The lowest BCUT2D eigenvalue weighted by Crippen LogP contribution is -2.32. The maximum atomic E-state index is 13.0. The zero-order valence-electron chi connectivity index (χ0n) is 21.9. The second-order valence-electron chi connectivity index (χ2n) is 11.4. The highest BCUT2D eigenvalue weighted by Crippen LogP contribution is 2.53. The van der Waals surface area contributed by atoms with E-state index in [9.17, 15) is 29.4 Å². The van der Waals surface area contributed by atoms with Crippen molar-refractivity contribution in [3.8, 4) is 0 Å². The highest BCUT2D eigenvalue weighted by atomic mass is 35.5. The molecule has 0 unspecified atom stereocenters. The molecule has 1 heterocycles. The van der Waals surface area contributed by atoms with Gasteiger partial charge >= 0.3 is 17.9 Å². The van der Waals surface area contributed by atoms with E-state index in [4.69, 9.17) is 21.2 Å². The molecule has 0 bridgehead atoms. The average molecular weight is 561 g/mol. The van der Waals surface area contributed by atoms with Gasteiger partial charge in [0.25, 0.3) is 0 Å². The van der Waals surface area contributed by atoms with Crippen LogP contribution in [0.25, 0.3) is 0 Å². The number of anilines is 1. The number of nitrogens with one attached hydrogen (secondary N) is 1. The van der Waals surface area contributed by atoms with Crippen molar-refractivity contribution in [2.45, 2.75) is 83.0 Å². The summed E-state index contributed by atoms with van der Waals surface area (Å²) in [7, 11) is 0. The van der Waals surface area contributed by atoms with Crippen LogP contribution in [0, 0.1) is 11.3 Å². The highest BCUT2D eigenvalue weighted by molar-refractivity contribution is 6.34. The monoisotopic (exact) mass is 560 g/mol. The Morgan fingerprint density at radius 2 is 1.82 bits per heavy atom. The first kappa shape index (κ1) is 28.6. The Morgan fingerprint density at radius 3 is 2.38 bits per heavy atom. The molecule has 2 aliphatic carbocycles. The van der Waals surface area contributed by atoms with E-state index in [1.807, 2.05) is 0 Å². The largest absolute Gasteiger partial charge is 0.481 e. The number of hydrogen-bond donors (Lipinski definition) is 4. The van der Waals surface area contributed by atoms with Gasteiger partial charge in [-0.25, -0.2) is 4.79 Å². The topological polar surface area (TPSA) is 167 Å². The fourth-order valence-corrected chi connectivity index (χ4v) is 5.66. The summed E-state index contributed by atoms with van der Waals surface area (Å²) < 4.78 is 5.85. The number of hydrogen-bond acceptors (Lipinski definition) is 6. The number of halogens is 1. The first-order valence-electron chi connectivity index (χ1n) is 13.1. The lowest BCUT2D eigenvalue weighted by molar-refractivity contribution is -0.148. The third-order valence-corrected chi connectivity index (χ3v) is 8.08. The van der Waals surface area contributed by atoms with Crippen molar-refractivity contribution < 1.29 is 39.0 Å². The molecule has 0 radical (unpaired) electrons. The van der Waals surface area contributed by atoms with Gasteiger partial charge in [0.15, 0.2) is 0 Å². The lowest BCUT2D eigenvalue weighted by Gasteiger charge is -2.37. The van der Waals surface area contributed by atoms with Crippen LogP contribution in [0.15, 0.2) is 22.7 Å². The van der Waals surface area contributed by atoms with Gasteiger partial charge < -0.3 is 25.2 Å². The summed E-state index contributed by atoms with van der Waals surface area (Å²) >= 11 is 6.16. The Kier molecular flexibility index (Phi) is 8.34. The predicted molar refractivity (Wildman–Crippen MR) is 141 cm³/mol. The molecule has 2 aromatic rings. The number of carbonyl (C=O) groups is 4. The molecule has 1 aromatic carbocycles. The molecule has 0 spiro atoms. The predicted octanol–water partition coefficient (Wildman–Crippen LogP) is 5.88. The van der Waals surface area contributed by atoms with Crippen LogP contribution in [-0.4, -0.2) is 44.3 Å². The van der Waals surface area contributed by atoms with Gasteiger partial charge in [-0.1, -0.05) is 16.8 Å². The summed E-state index contributed by atoms with van der Waals surface area (Å²) in [5, 5.41) is 35.0. The zero-order chi connectivity index (χ0) is 28.5. The van der Waals surface area contributed by atoms with Gasteiger partial charge in [0, 0.05) is 30.2 Å². The van der Waals surface area contributed by atoms with Crippen LogP contribution in [-0.2, 0) is 14.4 Å². The Morgan fingerprint density at radius 1 is 1.13 bits per heavy atom. The Hall–Kier alpha value is -3.40. The standard InChI is InChI=1S/C28H33ClN2O8/c1-28(2,27(37)38)13-14-9-18(10-14)25-23(15-3-4-15)24(31-39-25)16(6-8-22(33)34)12-21(32)30-20-7-5-17(26(35)36)11-19(20)29/h5,7,11,14-16,18H,3-4,6,8-10,12-13H2,1-2H3,(H,30,32)(H,33,34)(H,35,36)(H,37,38)/t14?,16-,18?/m0/s1. The molecular formula is C28H33ClN2O8. The van der Waals surface area contributed by atoms with E-state index in [2.05, 4.69) is 10.5 Å². The third-order valence-electron chi connectivity index (χ3n) is 7.77. The van der Waals surface area contributed by atoms with E-state index < -0.39 is 35.1 Å². The fraction of sp³-hybridized carbons (Fsp3) is 0.536. The molecule has 2 aliphatic rings. The molecule has 210 valence electrons. The Labute approximate surface area is 230 Å². The van der Waals surface area contributed by atoms with Crippen molar-refractivity contribution in [3.05, 3.63) is 45.8 Å². The van der Waals surface area contributed by atoms with Crippen LogP contribution >= 0.6 is 11.6 Å². The number of nitrogens with zero attached hydrogens (tertiary/aromatic N) is 1. The number of benzene rings is 1. The van der Waals surface area contributed by atoms with E-state index in [1.54, 1.807) is 13.8 Å². The smallest absolute Gasteiger partial charge is 0.335 e. The minimum Gasteiger partial charge on any atom is -0.481 e. The van der Waals surface area contributed by atoms with Gasteiger partial charge in [-0.05, 0) is 82.4 Å². The summed E-state index contributed by atoms with van der Waals surface area (Å²) in [6.07, 6.45) is 4.12. The average Bonchev–Trinajstić information content (AvgIpc) is 3.58. The van der Waals surface area contributed by atoms with Crippen molar-refractivity contribution in [3.63, 3.8) is 0 Å². The lowest BCUT2D eigenvalue weighted by atomic mass is 9.66. The number of aliphatic carboxylic acids is 2. The molecule has 1 amide bonds. The zero-order valence-corrected chi connectivity index (χ0v) is 22.7. The summed E-state index contributed by atoms with van der Waals surface area (Å²) in [4.78, 5) is 47.1. The normalized spacial score (nSPS) is 19.7. The number of aromatic nitrogens is 1. The Bertz CT molecular complexity index is 1280. The third kappa shape index (κ3) is 6.79. The number of amides is 1. The number of carbonyl (C=O) groups excluding carboxylic acids is 1. The second kappa shape index (κ2) is 11.4.